The minimum Gasteiger partial charge on any atom is -0.508 e. The highest BCUT2D eigenvalue weighted by atomic mass is 16.5. The van der Waals surface area contributed by atoms with Crippen LogP contribution in [0.2, 0.25) is 0 Å². The minimum absolute atomic E-state index is 0.0197. The second-order valence-electron chi connectivity index (χ2n) is 4.79. The Bertz CT molecular complexity index is 445. The van der Waals surface area contributed by atoms with E-state index in [1.165, 1.54) is 6.92 Å². The van der Waals surface area contributed by atoms with Gasteiger partial charge in [0.25, 0.3) is 0 Å². The Balaban J connectivity index is 2.17. The van der Waals surface area contributed by atoms with Crippen LogP contribution < -0.4 is 0 Å². The fourth-order valence-corrected chi connectivity index (χ4v) is 2.15. The molecule has 1 saturated heterocycles. The van der Waals surface area contributed by atoms with Gasteiger partial charge in [-0.05, 0) is 32.0 Å². The Labute approximate surface area is 107 Å². The third kappa shape index (κ3) is 2.89. The number of morpholine rings is 1. The van der Waals surface area contributed by atoms with E-state index in [0.29, 0.717) is 24.8 Å². The summed E-state index contributed by atoms with van der Waals surface area (Å²) in [6.45, 7) is 6.58. The van der Waals surface area contributed by atoms with Crippen molar-refractivity contribution in [3.05, 3.63) is 29.3 Å². The van der Waals surface area contributed by atoms with Crippen molar-refractivity contribution in [1.82, 2.24) is 4.90 Å². The number of hydrogen-bond acceptors (Lipinski definition) is 4. The largest absolute Gasteiger partial charge is 0.508 e. The summed E-state index contributed by atoms with van der Waals surface area (Å²) >= 11 is 0. The molecule has 0 bridgehead atoms. The Morgan fingerprint density at radius 3 is 3.00 bits per heavy atom. The highest BCUT2D eigenvalue weighted by Crippen LogP contribution is 2.22. The van der Waals surface area contributed by atoms with Gasteiger partial charge in [-0.1, -0.05) is 0 Å². The van der Waals surface area contributed by atoms with Crippen molar-refractivity contribution in [3.8, 4) is 5.75 Å². The number of ether oxygens (including phenoxy) is 1. The van der Waals surface area contributed by atoms with E-state index in [4.69, 9.17) is 4.74 Å². The zero-order valence-corrected chi connectivity index (χ0v) is 10.8. The van der Waals surface area contributed by atoms with Gasteiger partial charge in [-0.2, -0.15) is 0 Å². The minimum atomic E-state index is 0.0197. The quantitative estimate of drug-likeness (QED) is 0.830. The number of Topliss-reactive ketones (excluding diaryl/α,β-unsaturated/α-hetero) is 1. The molecule has 0 spiro atoms. The SMILES string of the molecule is CC(=O)c1ccc(O)c(CN2CCOCC2C)c1. The number of hydrogen-bond donors (Lipinski definition) is 1. The van der Waals surface area contributed by atoms with Gasteiger partial charge in [-0.3, -0.25) is 9.69 Å². The molecule has 1 aromatic rings. The average molecular weight is 249 g/mol. The normalized spacial score (nSPS) is 20.9. The number of carbonyl (C=O) groups excluding carboxylic acids is 1. The first-order chi connectivity index (χ1) is 8.58. The van der Waals surface area contributed by atoms with Crippen LogP contribution in [0.3, 0.4) is 0 Å². The first kappa shape index (κ1) is 13.1. The molecule has 98 valence electrons. The second-order valence-corrected chi connectivity index (χ2v) is 4.79. The lowest BCUT2D eigenvalue weighted by atomic mass is 10.1. The summed E-state index contributed by atoms with van der Waals surface area (Å²) in [4.78, 5) is 13.6. The lowest BCUT2D eigenvalue weighted by molar-refractivity contribution is -0.00464. The maximum absolute atomic E-state index is 11.4. The Morgan fingerprint density at radius 1 is 1.56 bits per heavy atom. The Hall–Kier alpha value is -1.39. The molecular weight excluding hydrogens is 230 g/mol. The van der Waals surface area contributed by atoms with Crippen LogP contribution in [0.5, 0.6) is 5.75 Å². The number of benzene rings is 1. The zero-order valence-electron chi connectivity index (χ0n) is 10.8. The summed E-state index contributed by atoms with van der Waals surface area (Å²) in [6.07, 6.45) is 0. The van der Waals surface area contributed by atoms with E-state index in [1.54, 1.807) is 18.2 Å². The van der Waals surface area contributed by atoms with Gasteiger partial charge in [0, 0.05) is 30.3 Å². The van der Waals surface area contributed by atoms with Gasteiger partial charge in [0.1, 0.15) is 5.75 Å². The predicted molar refractivity (Wildman–Crippen MR) is 68.8 cm³/mol. The number of aromatic hydroxyl groups is 1. The maximum atomic E-state index is 11.4. The van der Waals surface area contributed by atoms with Crippen molar-refractivity contribution >= 4 is 5.78 Å². The van der Waals surface area contributed by atoms with Crippen molar-refractivity contribution in [2.45, 2.75) is 26.4 Å². The van der Waals surface area contributed by atoms with Crippen LogP contribution in [-0.2, 0) is 11.3 Å². The molecule has 4 nitrogen and oxygen atoms in total. The number of nitrogens with zero attached hydrogens (tertiary/aromatic N) is 1. The molecule has 1 aliphatic rings. The van der Waals surface area contributed by atoms with Crippen molar-refractivity contribution in [3.63, 3.8) is 0 Å². The van der Waals surface area contributed by atoms with Gasteiger partial charge >= 0.3 is 0 Å². The van der Waals surface area contributed by atoms with E-state index in [-0.39, 0.29) is 11.5 Å². The van der Waals surface area contributed by atoms with Crippen molar-refractivity contribution in [1.29, 1.82) is 0 Å². The van der Waals surface area contributed by atoms with Crippen LogP contribution in [0.15, 0.2) is 18.2 Å². The fourth-order valence-electron chi connectivity index (χ4n) is 2.15. The molecule has 0 amide bonds. The Morgan fingerprint density at radius 2 is 2.33 bits per heavy atom. The number of phenolic OH excluding ortho intramolecular Hbond substituents is 1. The third-order valence-electron chi connectivity index (χ3n) is 3.36. The van der Waals surface area contributed by atoms with E-state index in [1.807, 2.05) is 0 Å². The van der Waals surface area contributed by atoms with Crippen molar-refractivity contribution in [2.24, 2.45) is 0 Å². The van der Waals surface area contributed by atoms with Crippen LogP contribution in [0.1, 0.15) is 29.8 Å². The molecular formula is C14H19NO3. The fraction of sp³-hybridized carbons (Fsp3) is 0.500. The van der Waals surface area contributed by atoms with Crippen molar-refractivity contribution in [2.75, 3.05) is 19.8 Å². The van der Waals surface area contributed by atoms with Crippen LogP contribution >= 0.6 is 0 Å². The number of rotatable bonds is 3. The van der Waals surface area contributed by atoms with Gasteiger partial charge < -0.3 is 9.84 Å². The summed E-state index contributed by atoms with van der Waals surface area (Å²) in [7, 11) is 0. The van der Waals surface area contributed by atoms with E-state index in [9.17, 15) is 9.90 Å². The molecule has 1 atom stereocenters. The molecule has 1 aromatic carbocycles. The van der Waals surface area contributed by atoms with Crippen molar-refractivity contribution < 1.29 is 14.6 Å². The predicted octanol–water partition coefficient (Wildman–Crippen LogP) is 1.82. The molecule has 1 N–H and O–H groups in total. The van der Waals surface area contributed by atoms with Crippen LogP contribution in [0, 0.1) is 0 Å². The smallest absolute Gasteiger partial charge is 0.159 e. The van der Waals surface area contributed by atoms with Crippen LogP contribution in [0.25, 0.3) is 0 Å². The molecule has 1 unspecified atom stereocenters. The number of ketones is 1. The molecule has 18 heavy (non-hydrogen) atoms. The Kier molecular flexibility index (Phi) is 3.99. The molecule has 1 aliphatic heterocycles. The first-order valence-corrected chi connectivity index (χ1v) is 6.22. The first-order valence-electron chi connectivity index (χ1n) is 6.22. The summed E-state index contributed by atoms with van der Waals surface area (Å²) in [5.74, 6) is 0.268. The molecule has 2 rings (SSSR count). The maximum Gasteiger partial charge on any atom is 0.159 e. The van der Waals surface area contributed by atoms with Crippen LogP contribution in [0.4, 0.5) is 0 Å². The number of phenols is 1. The summed E-state index contributed by atoms with van der Waals surface area (Å²) in [6, 6.07) is 5.36. The number of carbonyl (C=O) groups is 1. The monoisotopic (exact) mass is 249 g/mol. The topological polar surface area (TPSA) is 49.8 Å². The lowest BCUT2D eigenvalue weighted by Gasteiger charge is -2.33. The zero-order chi connectivity index (χ0) is 13.1. The van der Waals surface area contributed by atoms with E-state index < -0.39 is 0 Å². The molecule has 4 heteroatoms. The lowest BCUT2D eigenvalue weighted by Crippen LogP contribution is -2.42. The van der Waals surface area contributed by atoms with E-state index >= 15 is 0 Å². The molecule has 0 radical (unpaired) electrons. The van der Waals surface area contributed by atoms with Gasteiger partial charge in [0.15, 0.2) is 5.78 Å². The second kappa shape index (κ2) is 5.50. The highest BCUT2D eigenvalue weighted by molar-refractivity contribution is 5.94. The average Bonchev–Trinajstić information content (AvgIpc) is 2.34. The highest BCUT2D eigenvalue weighted by Gasteiger charge is 2.20. The third-order valence-corrected chi connectivity index (χ3v) is 3.36. The standard InChI is InChI=1S/C14H19NO3/c1-10-9-18-6-5-15(10)8-13-7-12(11(2)16)3-4-14(13)17/h3-4,7,10,17H,5-6,8-9H2,1-2H3. The van der Waals surface area contributed by atoms with E-state index in [0.717, 1.165) is 18.7 Å². The molecule has 0 saturated carbocycles. The summed E-state index contributed by atoms with van der Waals surface area (Å²) in [5.41, 5.74) is 1.44. The van der Waals surface area contributed by atoms with Gasteiger partial charge in [-0.25, -0.2) is 0 Å². The van der Waals surface area contributed by atoms with Gasteiger partial charge in [0.2, 0.25) is 0 Å². The molecule has 0 aliphatic carbocycles. The molecule has 1 fully saturated rings. The summed E-state index contributed by atoms with van der Waals surface area (Å²) < 4.78 is 5.38. The van der Waals surface area contributed by atoms with Crippen LogP contribution in [-0.4, -0.2) is 41.6 Å². The molecule has 0 aromatic heterocycles. The van der Waals surface area contributed by atoms with Gasteiger partial charge in [0.05, 0.1) is 13.2 Å². The summed E-state index contributed by atoms with van der Waals surface area (Å²) in [5, 5.41) is 9.86. The molecule has 1 heterocycles. The van der Waals surface area contributed by atoms with Gasteiger partial charge in [-0.15, -0.1) is 0 Å². The van der Waals surface area contributed by atoms with E-state index in [2.05, 4.69) is 11.8 Å².